The highest BCUT2D eigenvalue weighted by molar-refractivity contribution is 5.91. The van der Waals surface area contributed by atoms with Crippen LogP contribution in [0.5, 0.6) is 0 Å². The lowest BCUT2D eigenvalue weighted by Gasteiger charge is -2.28. The molecule has 2 aromatic carbocycles. The number of nitriles is 1. The number of anilines is 4. The third-order valence-corrected chi connectivity index (χ3v) is 6.40. The van der Waals surface area contributed by atoms with Crippen molar-refractivity contribution >= 4 is 29.0 Å². The Balaban J connectivity index is 1.25. The molecule has 0 radical (unpaired) electrons. The first kappa shape index (κ1) is 24.5. The van der Waals surface area contributed by atoms with E-state index in [0.29, 0.717) is 36.1 Å². The molecule has 0 atom stereocenters. The minimum Gasteiger partial charge on any atom is -0.381 e. The second-order valence-electron chi connectivity index (χ2n) is 8.89. The van der Waals surface area contributed by atoms with Gasteiger partial charge in [0.2, 0.25) is 5.95 Å². The highest BCUT2D eigenvalue weighted by Gasteiger charge is 2.17. The van der Waals surface area contributed by atoms with E-state index in [2.05, 4.69) is 49.0 Å². The van der Waals surface area contributed by atoms with Gasteiger partial charge in [0.05, 0.1) is 30.2 Å². The Bertz CT molecular complexity index is 1260. The van der Waals surface area contributed by atoms with Gasteiger partial charge in [-0.3, -0.25) is 0 Å². The van der Waals surface area contributed by atoms with Crippen LogP contribution in [0.4, 0.5) is 27.8 Å². The van der Waals surface area contributed by atoms with Crippen LogP contribution in [0.2, 0.25) is 0 Å². The van der Waals surface area contributed by atoms with Crippen molar-refractivity contribution < 1.29 is 14.3 Å². The number of aromatic nitrogens is 2. The lowest BCUT2D eigenvalue weighted by molar-refractivity contribution is 0.0806. The Hall–Kier alpha value is -4.20. The van der Waals surface area contributed by atoms with E-state index in [1.807, 2.05) is 18.2 Å². The third kappa shape index (κ3) is 6.33. The molecule has 2 amide bonds. The lowest BCUT2D eigenvalue weighted by atomic mass is 10.1. The highest BCUT2D eigenvalue weighted by Crippen LogP contribution is 2.26. The van der Waals surface area contributed by atoms with Crippen LogP contribution < -0.4 is 20.9 Å². The number of nitrogens with zero attached hydrogens (tertiary/aromatic N) is 4. The molecule has 10 nitrogen and oxygen atoms in total. The predicted molar refractivity (Wildman–Crippen MR) is 141 cm³/mol. The zero-order valence-electron chi connectivity index (χ0n) is 20.4. The van der Waals surface area contributed by atoms with E-state index in [1.54, 1.807) is 24.4 Å². The average molecular weight is 500 g/mol. The molecule has 5 rings (SSSR count). The van der Waals surface area contributed by atoms with Gasteiger partial charge in [-0.2, -0.15) is 5.26 Å². The van der Waals surface area contributed by atoms with E-state index in [1.165, 1.54) is 0 Å². The number of urea groups is 1. The summed E-state index contributed by atoms with van der Waals surface area (Å²) in [5.74, 6) is 0.452. The fourth-order valence-corrected chi connectivity index (χ4v) is 4.38. The fourth-order valence-electron chi connectivity index (χ4n) is 4.38. The molecule has 3 heterocycles. The highest BCUT2D eigenvalue weighted by atomic mass is 16.5. The molecule has 0 spiro atoms. The Kier molecular flexibility index (Phi) is 7.74. The summed E-state index contributed by atoms with van der Waals surface area (Å²) in [4.78, 5) is 23.7. The van der Waals surface area contributed by atoms with Crippen molar-refractivity contribution in [3.63, 3.8) is 0 Å². The first-order chi connectivity index (χ1) is 18.2. The van der Waals surface area contributed by atoms with E-state index in [-0.39, 0.29) is 12.1 Å². The summed E-state index contributed by atoms with van der Waals surface area (Å²) in [5, 5.41) is 18.7. The maximum absolute atomic E-state index is 12.4. The van der Waals surface area contributed by atoms with Gasteiger partial charge in [0, 0.05) is 55.5 Å². The number of ether oxygens (including phenoxy) is 2. The van der Waals surface area contributed by atoms with Crippen molar-refractivity contribution in [3.8, 4) is 17.3 Å². The number of nitrogens with one attached hydrogen (secondary N) is 3. The zero-order valence-corrected chi connectivity index (χ0v) is 20.4. The second-order valence-corrected chi connectivity index (χ2v) is 8.89. The molecule has 2 fully saturated rings. The first-order valence-corrected chi connectivity index (χ1v) is 12.4. The summed E-state index contributed by atoms with van der Waals surface area (Å²) in [7, 11) is 0. The normalized spacial score (nSPS) is 16.0. The summed E-state index contributed by atoms with van der Waals surface area (Å²) in [5.41, 5.74) is 4.25. The molecule has 2 aliphatic rings. The van der Waals surface area contributed by atoms with Crippen molar-refractivity contribution in [2.45, 2.75) is 18.9 Å². The van der Waals surface area contributed by atoms with E-state index >= 15 is 0 Å². The molecule has 3 N–H and O–H groups in total. The molecule has 3 aromatic rings. The zero-order chi connectivity index (χ0) is 25.5. The summed E-state index contributed by atoms with van der Waals surface area (Å²) in [6, 6.07) is 17.1. The van der Waals surface area contributed by atoms with Crippen LogP contribution in [0.15, 0.2) is 54.7 Å². The molecule has 37 heavy (non-hydrogen) atoms. The Morgan fingerprint density at radius 3 is 2.51 bits per heavy atom. The second kappa shape index (κ2) is 11.7. The quantitative estimate of drug-likeness (QED) is 0.467. The minimum absolute atomic E-state index is 0.0704. The topological polar surface area (TPSA) is 124 Å². The van der Waals surface area contributed by atoms with Crippen LogP contribution in [0.3, 0.4) is 0 Å². The molecule has 0 aliphatic carbocycles. The third-order valence-electron chi connectivity index (χ3n) is 6.40. The van der Waals surface area contributed by atoms with Gasteiger partial charge in [0.15, 0.2) is 0 Å². The molecule has 0 unspecified atom stereocenters. The number of carbonyl (C=O) groups is 1. The monoisotopic (exact) mass is 499 g/mol. The van der Waals surface area contributed by atoms with Gasteiger partial charge in [0.1, 0.15) is 6.07 Å². The van der Waals surface area contributed by atoms with E-state index in [0.717, 1.165) is 56.1 Å². The van der Waals surface area contributed by atoms with Gasteiger partial charge in [-0.15, -0.1) is 0 Å². The van der Waals surface area contributed by atoms with Gasteiger partial charge >= 0.3 is 6.03 Å². The summed E-state index contributed by atoms with van der Waals surface area (Å²) >= 11 is 0. The molecule has 190 valence electrons. The summed E-state index contributed by atoms with van der Waals surface area (Å²) < 4.78 is 10.7. The van der Waals surface area contributed by atoms with Gasteiger partial charge in [-0.05, 0) is 55.3 Å². The van der Waals surface area contributed by atoms with Crippen molar-refractivity contribution in [2.75, 3.05) is 55.1 Å². The van der Waals surface area contributed by atoms with E-state index in [4.69, 9.17) is 9.47 Å². The summed E-state index contributed by atoms with van der Waals surface area (Å²) in [6.07, 6.45) is 3.23. The molecular formula is C27H29N7O3. The van der Waals surface area contributed by atoms with Crippen LogP contribution in [-0.4, -0.2) is 61.6 Å². The number of hydrogen-bond acceptors (Lipinski definition) is 8. The standard InChI is InChI=1S/C27H29N7O3/c28-18-20-17-19(1-6-24(20)33-27(35)31-22-8-13-36-14-9-22)25-7-10-29-26(32-25)30-21-2-4-23(5-3-21)34-11-15-37-16-12-34/h1-7,10,17,22H,8-9,11-16H2,(H,29,30,32)(H2,31,33,35). The molecule has 2 aliphatic heterocycles. The fraction of sp³-hybridized carbons (Fsp3) is 0.333. The average Bonchev–Trinajstić information content (AvgIpc) is 2.95. The number of amides is 2. The van der Waals surface area contributed by atoms with Crippen LogP contribution in [-0.2, 0) is 9.47 Å². The van der Waals surface area contributed by atoms with Crippen LogP contribution >= 0.6 is 0 Å². The van der Waals surface area contributed by atoms with Crippen LogP contribution in [0, 0.1) is 11.3 Å². The smallest absolute Gasteiger partial charge is 0.319 e. The van der Waals surface area contributed by atoms with Crippen molar-refractivity contribution in [1.82, 2.24) is 15.3 Å². The van der Waals surface area contributed by atoms with Crippen molar-refractivity contribution in [3.05, 3.63) is 60.3 Å². The largest absolute Gasteiger partial charge is 0.381 e. The van der Waals surface area contributed by atoms with E-state index < -0.39 is 0 Å². The predicted octanol–water partition coefficient (Wildman–Crippen LogP) is 3.90. The number of morpholine rings is 1. The molecule has 1 aromatic heterocycles. The van der Waals surface area contributed by atoms with E-state index in [9.17, 15) is 10.1 Å². The van der Waals surface area contributed by atoms with Crippen molar-refractivity contribution in [1.29, 1.82) is 5.26 Å². The van der Waals surface area contributed by atoms with Gasteiger partial charge < -0.3 is 30.3 Å². The molecular weight excluding hydrogens is 470 g/mol. The maximum atomic E-state index is 12.4. The Labute approximate surface area is 215 Å². The van der Waals surface area contributed by atoms with Gasteiger partial charge in [0.25, 0.3) is 0 Å². The van der Waals surface area contributed by atoms with Crippen LogP contribution in [0.25, 0.3) is 11.3 Å². The molecule has 10 heteroatoms. The first-order valence-electron chi connectivity index (χ1n) is 12.4. The maximum Gasteiger partial charge on any atom is 0.319 e. The Morgan fingerprint density at radius 1 is 1.00 bits per heavy atom. The lowest BCUT2D eigenvalue weighted by Crippen LogP contribution is -2.41. The molecule has 0 bridgehead atoms. The van der Waals surface area contributed by atoms with Gasteiger partial charge in [-0.25, -0.2) is 14.8 Å². The molecule has 2 saturated heterocycles. The summed E-state index contributed by atoms with van der Waals surface area (Å²) in [6.45, 7) is 4.54. The molecule has 0 saturated carbocycles. The number of hydrogen-bond donors (Lipinski definition) is 3. The van der Waals surface area contributed by atoms with Gasteiger partial charge in [-0.1, -0.05) is 6.07 Å². The van der Waals surface area contributed by atoms with Crippen molar-refractivity contribution in [2.24, 2.45) is 0 Å². The number of benzene rings is 2. The minimum atomic E-state index is -0.329. The number of rotatable bonds is 6. The SMILES string of the molecule is N#Cc1cc(-c2ccnc(Nc3ccc(N4CCOCC4)cc3)n2)ccc1NC(=O)NC1CCOCC1. The Morgan fingerprint density at radius 2 is 1.76 bits per heavy atom. The number of carbonyl (C=O) groups excluding carboxylic acids is 1. The van der Waals surface area contributed by atoms with Crippen LogP contribution in [0.1, 0.15) is 18.4 Å².